The van der Waals surface area contributed by atoms with Crippen LogP contribution in [0.25, 0.3) is 0 Å². The average molecular weight is 325 g/mol. The Hall–Kier alpha value is -1.04. The van der Waals surface area contributed by atoms with Crippen LogP contribution in [0.3, 0.4) is 0 Å². The summed E-state index contributed by atoms with van der Waals surface area (Å²) in [6.45, 7) is 26.1. The molecule has 0 nitrogen and oxygen atoms in total. The summed E-state index contributed by atoms with van der Waals surface area (Å²) in [6.07, 6.45) is 7.50. The van der Waals surface area contributed by atoms with Gasteiger partial charge in [0.1, 0.15) is 0 Å². The van der Waals surface area contributed by atoms with Crippen LogP contribution < -0.4 is 0 Å². The van der Waals surface area contributed by atoms with Gasteiger partial charge in [0.25, 0.3) is 0 Å². The van der Waals surface area contributed by atoms with E-state index in [2.05, 4.69) is 54.0 Å². The van der Waals surface area contributed by atoms with Crippen molar-refractivity contribution in [2.75, 3.05) is 0 Å². The van der Waals surface area contributed by atoms with Crippen LogP contribution in [0, 0.1) is 34.5 Å². The quantitative estimate of drug-likeness (QED) is 0.416. The Morgan fingerprint density at radius 1 is 0.833 bits per heavy atom. The highest BCUT2D eigenvalue weighted by Gasteiger charge is 2.50. The summed E-state index contributed by atoms with van der Waals surface area (Å²) in [4.78, 5) is 0. The molecule has 0 radical (unpaired) electrons. The lowest BCUT2D eigenvalue weighted by atomic mass is 9.78. The largest absolute Gasteiger partial charge is 0.0998 e. The van der Waals surface area contributed by atoms with Gasteiger partial charge in [-0.15, -0.1) is 0 Å². The van der Waals surface area contributed by atoms with Crippen LogP contribution in [-0.4, -0.2) is 0 Å². The fourth-order valence-electron chi connectivity index (χ4n) is 6.44. The molecule has 0 saturated heterocycles. The molecule has 4 rings (SSSR count). The third kappa shape index (κ3) is 2.57. The standard InChI is InChI=1S/2C12H18/c1-8-5-11-10(3)9(2)7-12(11,4)6-8;1-8-7-12(4)9(2)5-6-11(12)10(8)3/h2*10-11H,1-2,5-7H2,3-4H3/t10?,11-,12+;10?,11-,12-/m00/s1. The summed E-state index contributed by atoms with van der Waals surface area (Å²) in [7, 11) is 0. The number of fused-ring (bicyclic) bond motifs is 2. The second kappa shape index (κ2) is 5.75. The van der Waals surface area contributed by atoms with E-state index in [1.165, 1.54) is 60.8 Å². The first kappa shape index (κ1) is 17.8. The molecule has 4 aliphatic rings. The zero-order valence-corrected chi connectivity index (χ0v) is 16.4. The molecule has 0 aromatic rings. The third-order valence-corrected chi connectivity index (χ3v) is 8.16. The summed E-state index contributed by atoms with van der Waals surface area (Å²) in [6, 6.07) is 0. The minimum absolute atomic E-state index is 0.413. The smallest absolute Gasteiger partial charge is 0.00480 e. The first-order valence-corrected chi connectivity index (χ1v) is 9.79. The van der Waals surface area contributed by atoms with Crippen LogP contribution in [-0.2, 0) is 0 Å². The van der Waals surface area contributed by atoms with E-state index in [-0.39, 0.29) is 0 Å². The number of rotatable bonds is 0. The van der Waals surface area contributed by atoms with Gasteiger partial charge in [-0.2, -0.15) is 0 Å². The minimum atomic E-state index is 0.413. The SMILES string of the molecule is C=C1C[C@@]2(C)C(=C)CC[C@H]2C1C.C=C1C[C@H]2C(C)C(=C)C[C@@]2(C)C1. The molecule has 0 amide bonds. The summed E-state index contributed by atoms with van der Waals surface area (Å²) < 4.78 is 0. The maximum Gasteiger partial charge on any atom is -0.00480 e. The van der Waals surface area contributed by atoms with E-state index in [1.807, 2.05) is 0 Å². The highest BCUT2D eigenvalue weighted by molar-refractivity contribution is 5.29. The summed E-state index contributed by atoms with van der Waals surface area (Å²) in [5.74, 6) is 3.15. The van der Waals surface area contributed by atoms with Gasteiger partial charge in [-0.25, -0.2) is 0 Å². The van der Waals surface area contributed by atoms with Gasteiger partial charge in [0.2, 0.25) is 0 Å². The monoisotopic (exact) mass is 324 g/mol. The van der Waals surface area contributed by atoms with Crippen molar-refractivity contribution < 1.29 is 0 Å². The Kier molecular flexibility index (Phi) is 4.26. The predicted molar refractivity (Wildman–Crippen MR) is 106 cm³/mol. The van der Waals surface area contributed by atoms with Crippen LogP contribution in [0.5, 0.6) is 0 Å². The number of allylic oxidation sites excluding steroid dienone is 4. The van der Waals surface area contributed by atoms with Gasteiger partial charge in [0.05, 0.1) is 0 Å². The van der Waals surface area contributed by atoms with Crippen molar-refractivity contribution in [3.8, 4) is 0 Å². The molecule has 4 fully saturated rings. The highest BCUT2D eigenvalue weighted by Crippen LogP contribution is 2.60. The highest BCUT2D eigenvalue weighted by atomic mass is 14.5. The molecule has 4 aliphatic carbocycles. The topological polar surface area (TPSA) is 0 Å². The van der Waals surface area contributed by atoms with Gasteiger partial charge in [-0.1, -0.05) is 76.3 Å². The van der Waals surface area contributed by atoms with Crippen LogP contribution in [0.15, 0.2) is 48.6 Å². The molecule has 0 aromatic carbocycles. The third-order valence-electron chi connectivity index (χ3n) is 8.16. The second-order valence-electron chi connectivity index (χ2n) is 9.81. The van der Waals surface area contributed by atoms with Crippen molar-refractivity contribution >= 4 is 0 Å². The Labute approximate surface area is 149 Å². The van der Waals surface area contributed by atoms with E-state index < -0.39 is 0 Å². The van der Waals surface area contributed by atoms with Crippen molar-refractivity contribution in [3.05, 3.63) is 48.6 Å². The van der Waals surface area contributed by atoms with E-state index >= 15 is 0 Å². The lowest BCUT2D eigenvalue weighted by molar-refractivity contribution is 0.248. The van der Waals surface area contributed by atoms with Gasteiger partial charge in [0.15, 0.2) is 0 Å². The molecule has 0 N–H and O–H groups in total. The molecule has 132 valence electrons. The maximum absolute atomic E-state index is 4.20. The molecule has 4 saturated carbocycles. The van der Waals surface area contributed by atoms with Gasteiger partial charge in [-0.05, 0) is 73.0 Å². The Bertz CT molecular complexity index is 604. The lowest BCUT2D eigenvalue weighted by Crippen LogP contribution is -2.18. The van der Waals surface area contributed by atoms with Crippen molar-refractivity contribution in [2.24, 2.45) is 34.5 Å². The fourth-order valence-corrected chi connectivity index (χ4v) is 6.44. The summed E-state index contributed by atoms with van der Waals surface area (Å²) in [5, 5.41) is 0. The molecule has 0 aromatic heterocycles. The first-order valence-electron chi connectivity index (χ1n) is 9.79. The van der Waals surface area contributed by atoms with Crippen molar-refractivity contribution in [2.45, 2.75) is 66.2 Å². The zero-order chi connectivity index (χ0) is 17.9. The molecule has 0 heteroatoms. The van der Waals surface area contributed by atoms with E-state index in [1.54, 1.807) is 0 Å². The van der Waals surface area contributed by atoms with Crippen molar-refractivity contribution in [1.82, 2.24) is 0 Å². The van der Waals surface area contributed by atoms with E-state index in [0.717, 1.165) is 23.7 Å². The van der Waals surface area contributed by atoms with Gasteiger partial charge < -0.3 is 0 Å². The van der Waals surface area contributed by atoms with Crippen LogP contribution in [0.4, 0.5) is 0 Å². The van der Waals surface area contributed by atoms with E-state index in [0.29, 0.717) is 10.8 Å². The van der Waals surface area contributed by atoms with Gasteiger partial charge >= 0.3 is 0 Å². The predicted octanol–water partition coefficient (Wildman–Crippen LogP) is 7.11. The van der Waals surface area contributed by atoms with E-state index in [9.17, 15) is 0 Å². The molecular weight excluding hydrogens is 288 g/mol. The molecule has 0 heterocycles. The van der Waals surface area contributed by atoms with Crippen LogP contribution >= 0.6 is 0 Å². The molecule has 0 spiro atoms. The zero-order valence-electron chi connectivity index (χ0n) is 16.4. The molecule has 6 atom stereocenters. The van der Waals surface area contributed by atoms with Gasteiger partial charge in [-0.3, -0.25) is 0 Å². The Balaban J connectivity index is 0.000000141. The van der Waals surface area contributed by atoms with E-state index in [4.69, 9.17) is 0 Å². The summed E-state index contributed by atoms with van der Waals surface area (Å²) in [5.41, 5.74) is 6.78. The molecule has 2 unspecified atom stereocenters. The average Bonchev–Trinajstić information content (AvgIpc) is 3.08. The first-order chi connectivity index (χ1) is 11.1. The molecule has 24 heavy (non-hydrogen) atoms. The van der Waals surface area contributed by atoms with Gasteiger partial charge in [0, 0.05) is 0 Å². The van der Waals surface area contributed by atoms with Crippen molar-refractivity contribution in [1.29, 1.82) is 0 Å². The Morgan fingerprint density at radius 3 is 2.00 bits per heavy atom. The number of hydrogen-bond donors (Lipinski definition) is 0. The lowest BCUT2D eigenvalue weighted by Gasteiger charge is -2.26. The fraction of sp³-hybridized carbons (Fsp3) is 0.667. The summed E-state index contributed by atoms with van der Waals surface area (Å²) >= 11 is 0. The molecule has 0 aliphatic heterocycles. The Morgan fingerprint density at radius 2 is 1.42 bits per heavy atom. The number of hydrogen-bond acceptors (Lipinski definition) is 0. The second-order valence-corrected chi connectivity index (χ2v) is 9.81. The maximum atomic E-state index is 4.20. The van der Waals surface area contributed by atoms with Crippen LogP contribution in [0.2, 0.25) is 0 Å². The molecular formula is C24H36. The van der Waals surface area contributed by atoms with Crippen molar-refractivity contribution in [3.63, 3.8) is 0 Å². The minimum Gasteiger partial charge on any atom is -0.0998 e. The van der Waals surface area contributed by atoms with Crippen LogP contribution in [0.1, 0.15) is 66.2 Å². The molecule has 0 bridgehead atoms. The normalized spacial score (nSPS) is 46.8.